The zero-order valence-electron chi connectivity index (χ0n) is 16.1. The third-order valence-electron chi connectivity index (χ3n) is 5.77. The number of primary amides is 1. The van der Waals surface area contributed by atoms with Crippen molar-refractivity contribution in [3.63, 3.8) is 0 Å². The third kappa shape index (κ3) is 3.91. The van der Waals surface area contributed by atoms with Crippen LogP contribution in [-0.4, -0.2) is 43.4 Å². The number of morpholine rings is 1. The molecule has 0 bridgehead atoms. The van der Waals surface area contributed by atoms with E-state index in [1.165, 1.54) is 5.69 Å². The Labute approximate surface area is 168 Å². The smallest absolute Gasteiger partial charge is 0.221 e. The maximum absolute atomic E-state index is 13.9. The second kappa shape index (κ2) is 8.17. The van der Waals surface area contributed by atoms with Gasteiger partial charge in [0.2, 0.25) is 5.91 Å². The zero-order chi connectivity index (χ0) is 19.7. The number of rotatable bonds is 4. The minimum atomic E-state index is -0.954. The fourth-order valence-electron chi connectivity index (χ4n) is 4.31. The van der Waals surface area contributed by atoms with Gasteiger partial charge in [-0.05, 0) is 43.9 Å². The average Bonchev–Trinajstić information content (AvgIpc) is 3.10. The first-order chi connectivity index (χ1) is 13.5. The van der Waals surface area contributed by atoms with Crippen LogP contribution in [0.5, 0.6) is 0 Å². The van der Waals surface area contributed by atoms with Gasteiger partial charge < -0.3 is 15.4 Å². The van der Waals surface area contributed by atoms with Crippen LogP contribution in [-0.2, 0) is 9.53 Å². The van der Waals surface area contributed by atoms with Crippen molar-refractivity contribution in [3.8, 4) is 10.4 Å². The zero-order valence-corrected chi connectivity index (χ0v) is 16.9. The lowest BCUT2D eigenvalue weighted by Crippen LogP contribution is -2.36. The predicted molar refractivity (Wildman–Crippen MR) is 109 cm³/mol. The Balaban J connectivity index is 1.63. The topological polar surface area (TPSA) is 68.5 Å². The summed E-state index contributed by atoms with van der Waals surface area (Å²) < 4.78 is 19.3. The molecule has 1 aromatic heterocycles. The maximum atomic E-state index is 13.9. The Kier molecular flexibility index (Phi) is 5.64. The van der Waals surface area contributed by atoms with E-state index < -0.39 is 18.0 Å². The van der Waals surface area contributed by atoms with Crippen LogP contribution in [0.4, 0.5) is 10.1 Å². The lowest BCUT2D eigenvalue weighted by Gasteiger charge is -2.31. The first-order valence-corrected chi connectivity index (χ1v) is 10.7. The SMILES string of the molecule is Cc1nc([C@@H]2CC[C@H](F)C[C@H]2C(N)=O)c(-c2ccc(N3CCOCC3)cc2)s1. The first kappa shape index (κ1) is 19.3. The van der Waals surface area contributed by atoms with Crippen molar-refractivity contribution in [2.75, 3.05) is 31.2 Å². The molecule has 3 atom stereocenters. The summed E-state index contributed by atoms with van der Waals surface area (Å²) in [5.41, 5.74) is 8.78. The highest BCUT2D eigenvalue weighted by molar-refractivity contribution is 7.15. The monoisotopic (exact) mass is 403 g/mol. The predicted octanol–water partition coefficient (Wildman–Crippen LogP) is 3.66. The van der Waals surface area contributed by atoms with Gasteiger partial charge in [-0.25, -0.2) is 9.37 Å². The number of amides is 1. The van der Waals surface area contributed by atoms with Crippen LogP contribution in [0.2, 0.25) is 0 Å². The average molecular weight is 404 g/mol. The van der Waals surface area contributed by atoms with Crippen molar-refractivity contribution in [3.05, 3.63) is 35.0 Å². The summed E-state index contributed by atoms with van der Waals surface area (Å²) in [6.07, 6.45) is 0.313. The van der Waals surface area contributed by atoms with E-state index in [-0.39, 0.29) is 12.3 Å². The number of carbonyl (C=O) groups excluding carboxylic acids is 1. The fourth-order valence-corrected chi connectivity index (χ4v) is 5.30. The van der Waals surface area contributed by atoms with E-state index in [2.05, 4.69) is 29.2 Å². The van der Waals surface area contributed by atoms with Crippen LogP contribution < -0.4 is 10.6 Å². The summed E-state index contributed by atoms with van der Waals surface area (Å²) in [7, 11) is 0. The number of ether oxygens (including phenoxy) is 1. The molecule has 1 aromatic carbocycles. The molecule has 2 fully saturated rings. The number of carbonyl (C=O) groups is 1. The van der Waals surface area contributed by atoms with Crippen LogP contribution in [0.3, 0.4) is 0 Å². The van der Waals surface area contributed by atoms with E-state index in [1.54, 1.807) is 11.3 Å². The summed E-state index contributed by atoms with van der Waals surface area (Å²) in [6, 6.07) is 8.48. The molecule has 2 heterocycles. The summed E-state index contributed by atoms with van der Waals surface area (Å²) in [4.78, 5) is 20.1. The number of aromatic nitrogens is 1. The number of aryl methyl sites for hydroxylation is 1. The Morgan fingerprint density at radius 3 is 2.64 bits per heavy atom. The molecule has 2 aromatic rings. The third-order valence-corrected chi connectivity index (χ3v) is 6.80. The van der Waals surface area contributed by atoms with Gasteiger partial charge in [0.25, 0.3) is 0 Å². The van der Waals surface area contributed by atoms with Gasteiger partial charge in [-0.15, -0.1) is 11.3 Å². The van der Waals surface area contributed by atoms with Gasteiger partial charge in [0.05, 0.1) is 28.8 Å². The Bertz CT molecular complexity index is 833. The minimum Gasteiger partial charge on any atom is -0.378 e. The van der Waals surface area contributed by atoms with E-state index in [4.69, 9.17) is 15.5 Å². The molecule has 0 radical (unpaired) electrons. The van der Waals surface area contributed by atoms with Crippen molar-refractivity contribution in [1.82, 2.24) is 4.98 Å². The molecule has 2 aliphatic rings. The van der Waals surface area contributed by atoms with Crippen LogP contribution >= 0.6 is 11.3 Å². The van der Waals surface area contributed by atoms with E-state index in [9.17, 15) is 9.18 Å². The summed E-state index contributed by atoms with van der Waals surface area (Å²) in [5.74, 6) is -1.02. The number of nitrogens with zero attached hydrogens (tertiary/aromatic N) is 2. The highest BCUT2D eigenvalue weighted by Crippen LogP contribution is 2.44. The van der Waals surface area contributed by atoms with E-state index in [0.29, 0.717) is 12.8 Å². The Morgan fingerprint density at radius 2 is 1.96 bits per heavy atom. The fraction of sp³-hybridized carbons (Fsp3) is 0.524. The molecule has 0 spiro atoms. The number of hydrogen-bond acceptors (Lipinski definition) is 5. The molecule has 1 amide bonds. The highest BCUT2D eigenvalue weighted by atomic mass is 32.1. The number of benzene rings is 1. The summed E-state index contributed by atoms with van der Waals surface area (Å²) >= 11 is 1.63. The quantitative estimate of drug-likeness (QED) is 0.846. The number of nitrogens with two attached hydrogens (primary N) is 1. The molecule has 1 saturated heterocycles. The highest BCUT2D eigenvalue weighted by Gasteiger charge is 2.37. The molecule has 150 valence electrons. The van der Waals surface area contributed by atoms with Crippen LogP contribution in [0.15, 0.2) is 24.3 Å². The lowest BCUT2D eigenvalue weighted by molar-refractivity contribution is -0.124. The van der Waals surface area contributed by atoms with Gasteiger partial charge in [0.15, 0.2) is 0 Å². The van der Waals surface area contributed by atoms with E-state index in [0.717, 1.165) is 47.4 Å². The van der Waals surface area contributed by atoms with Gasteiger partial charge in [0, 0.05) is 30.6 Å². The largest absolute Gasteiger partial charge is 0.378 e. The molecular weight excluding hydrogens is 377 g/mol. The second-order valence-electron chi connectivity index (χ2n) is 7.62. The van der Waals surface area contributed by atoms with Gasteiger partial charge in [0.1, 0.15) is 6.17 Å². The van der Waals surface area contributed by atoms with Gasteiger partial charge >= 0.3 is 0 Å². The molecule has 2 N–H and O–H groups in total. The lowest BCUT2D eigenvalue weighted by atomic mass is 9.75. The van der Waals surface area contributed by atoms with Gasteiger partial charge in [-0.2, -0.15) is 0 Å². The molecule has 1 aliphatic carbocycles. The van der Waals surface area contributed by atoms with E-state index >= 15 is 0 Å². The van der Waals surface area contributed by atoms with E-state index in [1.807, 2.05) is 6.92 Å². The van der Waals surface area contributed by atoms with Crippen molar-refractivity contribution in [2.45, 2.75) is 38.3 Å². The molecule has 1 saturated carbocycles. The summed E-state index contributed by atoms with van der Waals surface area (Å²) in [6.45, 7) is 5.28. The number of thiazole rings is 1. The van der Waals surface area contributed by atoms with Crippen molar-refractivity contribution in [2.24, 2.45) is 11.7 Å². The molecule has 4 rings (SSSR count). The number of halogens is 1. The molecule has 1 aliphatic heterocycles. The standard InChI is InChI=1S/C21H26FN3O2S/c1-13-24-19(17-7-4-15(22)12-18(17)21(23)26)20(28-13)14-2-5-16(6-3-14)25-8-10-27-11-9-25/h2-3,5-6,15,17-18H,4,7-12H2,1H3,(H2,23,26)/t15-,17+,18+/m0/s1. The Hall–Kier alpha value is -1.99. The normalized spacial score (nSPS) is 25.6. The second-order valence-corrected chi connectivity index (χ2v) is 8.82. The number of hydrogen-bond donors (Lipinski definition) is 1. The van der Waals surface area contributed by atoms with Crippen LogP contribution in [0, 0.1) is 12.8 Å². The first-order valence-electron chi connectivity index (χ1n) is 9.86. The van der Waals surface area contributed by atoms with Gasteiger partial charge in [-0.3, -0.25) is 4.79 Å². The molecule has 0 unspecified atom stereocenters. The van der Waals surface area contributed by atoms with Gasteiger partial charge in [-0.1, -0.05) is 12.1 Å². The van der Waals surface area contributed by atoms with Crippen LogP contribution in [0.1, 0.15) is 35.9 Å². The number of anilines is 1. The Morgan fingerprint density at radius 1 is 1.25 bits per heavy atom. The van der Waals surface area contributed by atoms with Crippen molar-refractivity contribution in [1.29, 1.82) is 0 Å². The van der Waals surface area contributed by atoms with Crippen molar-refractivity contribution >= 4 is 22.9 Å². The maximum Gasteiger partial charge on any atom is 0.221 e. The van der Waals surface area contributed by atoms with Crippen molar-refractivity contribution < 1.29 is 13.9 Å². The molecule has 7 heteroatoms. The summed E-state index contributed by atoms with van der Waals surface area (Å²) in [5, 5.41) is 0.952. The minimum absolute atomic E-state index is 0.108. The van der Waals surface area contributed by atoms with Crippen LogP contribution in [0.25, 0.3) is 10.4 Å². The molecular formula is C21H26FN3O2S. The molecule has 5 nitrogen and oxygen atoms in total. The number of alkyl halides is 1. The molecule has 28 heavy (non-hydrogen) atoms.